The number of carbonyl (C=O) groups excluding carboxylic acids is 1. The molecule has 4 heteroatoms. The lowest BCUT2D eigenvalue weighted by Gasteiger charge is -2.10. The fourth-order valence-electron chi connectivity index (χ4n) is 3.10. The SMILES string of the molecule is O=C(/C=C/c1cnn(-c2ccccc2)c1)Nc1ccccc1Cc1ccccc1. The first-order valence-corrected chi connectivity index (χ1v) is 9.49. The van der Waals surface area contributed by atoms with E-state index < -0.39 is 0 Å². The number of amides is 1. The second kappa shape index (κ2) is 8.85. The molecular formula is C25H21N3O. The standard InChI is InChI=1S/C25H21N3O/c29-25(16-15-21-18-26-28(19-21)23-12-5-2-6-13-23)27-24-14-8-7-11-22(24)17-20-9-3-1-4-10-20/h1-16,18-19H,17H2,(H,27,29)/b16-15+. The van der Waals surface area contributed by atoms with Gasteiger partial charge in [-0.25, -0.2) is 4.68 Å². The Bertz CT molecular complexity index is 1120. The first-order valence-electron chi connectivity index (χ1n) is 9.49. The van der Waals surface area contributed by atoms with E-state index in [1.165, 1.54) is 11.6 Å². The second-order valence-corrected chi connectivity index (χ2v) is 6.70. The molecule has 3 aromatic carbocycles. The zero-order chi connectivity index (χ0) is 19.9. The van der Waals surface area contributed by atoms with Crippen LogP contribution in [0, 0.1) is 0 Å². The minimum atomic E-state index is -0.169. The van der Waals surface area contributed by atoms with Gasteiger partial charge in [0.15, 0.2) is 0 Å². The van der Waals surface area contributed by atoms with Crippen LogP contribution < -0.4 is 5.32 Å². The lowest BCUT2D eigenvalue weighted by molar-refractivity contribution is -0.111. The van der Waals surface area contributed by atoms with Crippen LogP contribution in [0.3, 0.4) is 0 Å². The maximum atomic E-state index is 12.4. The number of para-hydroxylation sites is 2. The van der Waals surface area contributed by atoms with Gasteiger partial charge in [0.2, 0.25) is 5.91 Å². The molecule has 0 fully saturated rings. The molecule has 1 N–H and O–H groups in total. The minimum Gasteiger partial charge on any atom is -0.322 e. The van der Waals surface area contributed by atoms with Crippen LogP contribution in [0.2, 0.25) is 0 Å². The van der Waals surface area contributed by atoms with Gasteiger partial charge in [-0.3, -0.25) is 4.79 Å². The smallest absolute Gasteiger partial charge is 0.248 e. The monoisotopic (exact) mass is 379 g/mol. The highest BCUT2D eigenvalue weighted by atomic mass is 16.1. The normalized spacial score (nSPS) is 10.9. The number of rotatable bonds is 6. The third kappa shape index (κ3) is 4.87. The van der Waals surface area contributed by atoms with E-state index in [2.05, 4.69) is 22.5 Å². The summed E-state index contributed by atoms with van der Waals surface area (Å²) in [6.07, 6.45) is 7.70. The molecule has 142 valence electrons. The third-order valence-electron chi connectivity index (χ3n) is 4.56. The molecule has 0 saturated carbocycles. The summed E-state index contributed by atoms with van der Waals surface area (Å²) >= 11 is 0. The molecule has 0 saturated heterocycles. The van der Waals surface area contributed by atoms with Crippen molar-refractivity contribution in [1.82, 2.24) is 9.78 Å². The van der Waals surface area contributed by atoms with Crippen molar-refractivity contribution in [3.8, 4) is 5.69 Å². The van der Waals surface area contributed by atoms with E-state index in [4.69, 9.17) is 0 Å². The van der Waals surface area contributed by atoms with E-state index in [9.17, 15) is 4.79 Å². The Morgan fingerprint density at radius 3 is 2.38 bits per heavy atom. The van der Waals surface area contributed by atoms with E-state index in [0.717, 1.165) is 28.9 Å². The predicted molar refractivity (Wildman–Crippen MR) is 117 cm³/mol. The fourth-order valence-corrected chi connectivity index (χ4v) is 3.10. The van der Waals surface area contributed by atoms with Crippen LogP contribution in [0.5, 0.6) is 0 Å². The fraction of sp³-hybridized carbons (Fsp3) is 0.0400. The number of nitrogens with one attached hydrogen (secondary N) is 1. The largest absolute Gasteiger partial charge is 0.322 e. The summed E-state index contributed by atoms with van der Waals surface area (Å²) < 4.78 is 1.78. The number of aromatic nitrogens is 2. The van der Waals surface area contributed by atoms with Crippen molar-refractivity contribution in [3.63, 3.8) is 0 Å². The first-order chi connectivity index (χ1) is 14.3. The number of hydrogen-bond donors (Lipinski definition) is 1. The van der Waals surface area contributed by atoms with Crippen LogP contribution in [-0.2, 0) is 11.2 Å². The quantitative estimate of drug-likeness (QED) is 0.473. The summed E-state index contributed by atoms with van der Waals surface area (Å²) in [6, 6.07) is 28.0. The van der Waals surface area contributed by atoms with Crippen LogP contribution in [0.1, 0.15) is 16.7 Å². The molecular weight excluding hydrogens is 358 g/mol. The summed E-state index contributed by atoms with van der Waals surface area (Å²) in [7, 11) is 0. The van der Waals surface area contributed by atoms with Crippen molar-refractivity contribution in [2.24, 2.45) is 0 Å². The van der Waals surface area contributed by atoms with Gasteiger partial charge in [0.1, 0.15) is 0 Å². The third-order valence-corrected chi connectivity index (χ3v) is 4.56. The predicted octanol–water partition coefficient (Wildman–Crippen LogP) is 5.12. The Morgan fingerprint density at radius 2 is 1.59 bits per heavy atom. The molecule has 1 heterocycles. The van der Waals surface area contributed by atoms with Gasteiger partial charge in [0, 0.05) is 23.5 Å². The molecule has 4 nitrogen and oxygen atoms in total. The number of benzene rings is 3. The molecule has 0 spiro atoms. The molecule has 4 aromatic rings. The van der Waals surface area contributed by atoms with Crippen LogP contribution >= 0.6 is 0 Å². The van der Waals surface area contributed by atoms with E-state index >= 15 is 0 Å². The molecule has 0 radical (unpaired) electrons. The zero-order valence-electron chi connectivity index (χ0n) is 15.9. The van der Waals surface area contributed by atoms with Crippen molar-refractivity contribution in [3.05, 3.63) is 120 Å². The molecule has 29 heavy (non-hydrogen) atoms. The molecule has 1 aromatic heterocycles. The van der Waals surface area contributed by atoms with Gasteiger partial charge in [-0.2, -0.15) is 5.10 Å². The highest BCUT2D eigenvalue weighted by Gasteiger charge is 2.06. The van der Waals surface area contributed by atoms with Crippen LogP contribution in [0.25, 0.3) is 11.8 Å². The van der Waals surface area contributed by atoms with Gasteiger partial charge < -0.3 is 5.32 Å². The Morgan fingerprint density at radius 1 is 0.897 bits per heavy atom. The molecule has 4 rings (SSSR count). The number of hydrogen-bond acceptors (Lipinski definition) is 2. The summed E-state index contributed by atoms with van der Waals surface area (Å²) in [5, 5.41) is 7.33. The Hall–Kier alpha value is -3.92. The van der Waals surface area contributed by atoms with Crippen molar-refractivity contribution >= 4 is 17.7 Å². The Kier molecular flexibility index (Phi) is 5.63. The number of nitrogens with zero attached hydrogens (tertiary/aromatic N) is 2. The van der Waals surface area contributed by atoms with Crippen molar-refractivity contribution in [1.29, 1.82) is 0 Å². The second-order valence-electron chi connectivity index (χ2n) is 6.70. The zero-order valence-corrected chi connectivity index (χ0v) is 15.9. The van der Waals surface area contributed by atoms with Crippen molar-refractivity contribution in [2.75, 3.05) is 5.32 Å². The molecule has 1 amide bonds. The van der Waals surface area contributed by atoms with Gasteiger partial charge in [-0.15, -0.1) is 0 Å². The maximum absolute atomic E-state index is 12.4. The highest BCUT2D eigenvalue weighted by molar-refractivity contribution is 6.02. The van der Waals surface area contributed by atoms with Crippen LogP contribution in [0.4, 0.5) is 5.69 Å². The number of carbonyl (C=O) groups is 1. The molecule has 0 aliphatic rings. The molecule has 0 aliphatic carbocycles. The Labute approximate surface area is 170 Å². The van der Waals surface area contributed by atoms with Crippen LogP contribution in [-0.4, -0.2) is 15.7 Å². The van der Waals surface area contributed by atoms with E-state index in [-0.39, 0.29) is 5.91 Å². The topological polar surface area (TPSA) is 46.9 Å². The summed E-state index contributed by atoms with van der Waals surface area (Å²) in [5.74, 6) is -0.169. The van der Waals surface area contributed by atoms with Gasteiger partial charge in [0.25, 0.3) is 0 Å². The van der Waals surface area contributed by atoms with Gasteiger partial charge in [-0.05, 0) is 41.8 Å². The lowest BCUT2D eigenvalue weighted by Crippen LogP contribution is -2.09. The summed E-state index contributed by atoms with van der Waals surface area (Å²) in [5.41, 5.74) is 4.95. The van der Waals surface area contributed by atoms with E-state index in [0.29, 0.717) is 0 Å². The maximum Gasteiger partial charge on any atom is 0.248 e. The van der Waals surface area contributed by atoms with E-state index in [1.807, 2.05) is 79.0 Å². The van der Waals surface area contributed by atoms with Gasteiger partial charge in [0.05, 0.1) is 11.9 Å². The van der Waals surface area contributed by atoms with Crippen molar-refractivity contribution < 1.29 is 4.79 Å². The summed E-state index contributed by atoms with van der Waals surface area (Å²) in [6.45, 7) is 0. The lowest BCUT2D eigenvalue weighted by atomic mass is 10.0. The molecule has 0 bridgehead atoms. The van der Waals surface area contributed by atoms with E-state index in [1.54, 1.807) is 17.0 Å². The average Bonchev–Trinajstić information content (AvgIpc) is 3.24. The highest BCUT2D eigenvalue weighted by Crippen LogP contribution is 2.19. The molecule has 0 atom stereocenters. The van der Waals surface area contributed by atoms with Gasteiger partial charge >= 0.3 is 0 Å². The van der Waals surface area contributed by atoms with Crippen LogP contribution in [0.15, 0.2) is 103 Å². The first kappa shape index (κ1) is 18.4. The summed E-state index contributed by atoms with van der Waals surface area (Å²) in [4.78, 5) is 12.4. The number of anilines is 1. The van der Waals surface area contributed by atoms with Crippen molar-refractivity contribution in [2.45, 2.75) is 6.42 Å². The average molecular weight is 379 g/mol. The molecule has 0 unspecified atom stereocenters. The van der Waals surface area contributed by atoms with Gasteiger partial charge in [-0.1, -0.05) is 66.7 Å². The minimum absolute atomic E-state index is 0.169. The molecule has 0 aliphatic heterocycles. The Balaban J connectivity index is 1.43.